The van der Waals surface area contributed by atoms with Crippen molar-refractivity contribution in [1.82, 2.24) is 14.9 Å². The largest absolute Gasteiger partial charge is 0.450 e. The van der Waals surface area contributed by atoms with Crippen molar-refractivity contribution in [2.75, 3.05) is 6.61 Å². The summed E-state index contributed by atoms with van der Waals surface area (Å²) in [5.74, 6) is -1.07. The first-order valence-corrected chi connectivity index (χ1v) is 8.56. The van der Waals surface area contributed by atoms with Crippen molar-refractivity contribution < 1.29 is 18.7 Å². The topological polar surface area (TPSA) is 90.3 Å². The molecule has 1 aromatic carbocycles. The van der Waals surface area contributed by atoms with Crippen molar-refractivity contribution in [2.24, 2.45) is 0 Å². The van der Waals surface area contributed by atoms with Gasteiger partial charge < -0.3 is 4.74 Å². The van der Waals surface area contributed by atoms with Gasteiger partial charge in [-0.3, -0.25) is 19.5 Å². The van der Waals surface area contributed by atoms with E-state index < -0.39 is 17.6 Å². The number of halogens is 1. The molecule has 3 rings (SSSR count). The number of ether oxygens (including phenoxy) is 1. The van der Waals surface area contributed by atoms with Crippen LogP contribution in [0.1, 0.15) is 6.92 Å². The molecule has 2 amide bonds. The summed E-state index contributed by atoms with van der Waals surface area (Å²) in [6.45, 7) is 1.36. The van der Waals surface area contributed by atoms with Gasteiger partial charge >= 0.3 is 6.09 Å². The van der Waals surface area contributed by atoms with Crippen LogP contribution in [0.2, 0.25) is 0 Å². The molecule has 0 saturated carbocycles. The average molecular weight is 375 g/mol. The fourth-order valence-electron chi connectivity index (χ4n) is 2.40. The summed E-state index contributed by atoms with van der Waals surface area (Å²) in [6, 6.07) is 5.75. The Hall–Kier alpha value is -3.07. The minimum Gasteiger partial charge on any atom is -0.450 e. The van der Waals surface area contributed by atoms with Gasteiger partial charge in [-0.25, -0.2) is 14.2 Å². The third kappa shape index (κ3) is 3.62. The monoisotopic (exact) mass is 375 g/mol. The number of carbonyl (C=O) groups is 2. The fraction of sp³-hybridized carbons (Fsp3) is 0.176. The maximum absolute atomic E-state index is 13.1. The van der Waals surface area contributed by atoms with Gasteiger partial charge in [0.15, 0.2) is 0 Å². The Morgan fingerprint density at radius 2 is 2.04 bits per heavy atom. The molecule has 1 N–H and O–H groups in total. The molecule has 0 radical (unpaired) electrons. The molecular formula is C17H14FN3O4S. The van der Waals surface area contributed by atoms with Crippen LogP contribution in [-0.4, -0.2) is 28.2 Å². The summed E-state index contributed by atoms with van der Waals surface area (Å²) in [7, 11) is 0. The molecule has 0 spiro atoms. The van der Waals surface area contributed by atoms with Crippen molar-refractivity contribution in [3.8, 4) is 11.1 Å². The van der Waals surface area contributed by atoms with Crippen LogP contribution in [0.5, 0.6) is 0 Å². The van der Waals surface area contributed by atoms with E-state index in [0.29, 0.717) is 21.3 Å². The Morgan fingerprint density at radius 3 is 2.73 bits per heavy atom. The number of fused-ring (bicyclic) bond motifs is 1. The fourth-order valence-corrected chi connectivity index (χ4v) is 3.30. The van der Waals surface area contributed by atoms with Gasteiger partial charge in [0.05, 0.1) is 18.3 Å². The molecule has 0 saturated heterocycles. The number of imide groups is 1. The van der Waals surface area contributed by atoms with Crippen LogP contribution in [0.25, 0.3) is 21.3 Å². The first kappa shape index (κ1) is 17.7. The summed E-state index contributed by atoms with van der Waals surface area (Å²) < 4.78 is 18.9. The number of thiophene rings is 1. The van der Waals surface area contributed by atoms with Crippen LogP contribution in [0.4, 0.5) is 9.18 Å². The summed E-state index contributed by atoms with van der Waals surface area (Å²) >= 11 is 1.28. The van der Waals surface area contributed by atoms with E-state index in [2.05, 4.69) is 9.72 Å². The third-order valence-electron chi connectivity index (χ3n) is 3.55. The lowest BCUT2D eigenvalue weighted by Crippen LogP contribution is -2.36. The number of amides is 2. The van der Waals surface area contributed by atoms with E-state index in [4.69, 9.17) is 0 Å². The zero-order valence-electron chi connectivity index (χ0n) is 13.7. The Bertz CT molecular complexity index is 1030. The second-order valence-corrected chi connectivity index (χ2v) is 6.14. The summed E-state index contributed by atoms with van der Waals surface area (Å²) in [5, 5.41) is 4.12. The van der Waals surface area contributed by atoms with Crippen molar-refractivity contribution in [3.05, 3.63) is 52.1 Å². The van der Waals surface area contributed by atoms with Gasteiger partial charge in [-0.2, -0.15) is 0 Å². The highest BCUT2D eigenvalue weighted by molar-refractivity contribution is 7.17. The maximum atomic E-state index is 13.1. The zero-order valence-corrected chi connectivity index (χ0v) is 14.5. The Kier molecular flexibility index (Phi) is 5.08. The van der Waals surface area contributed by atoms with Crippen LogP contribution < -0.4 is 10.9 Å². The number of alkyl carbamates (subject to hydrolysis) is 1. The number of nitrogens with one attached hydrogen (secondary N) is 1. The third-order valence-corrected chi connectivity index (χ3v) is 4.43. The Morgan fingerprint density at radius 1 is 1.31 bits per heavy atom. The quantitative estimate of drug-likeness (QED) is 0.757. The number of nitrogens with zero attached hydrogens (tertiary/aromatic N) is 2. The van der Waals surface area contributed by atoms with Gasteiger partial charge in [-0.15, -0.1) is 11.3 Å². The molecule has 134 valence electrons. The van der Waals surface area contributed by atoms with Gasteiger partial charge in [-0.1, -0.05) is 12.1 Å². The average Bonchev–Trinajstić information content (AvgIpc) is 3.03. The number of benzene rings is 1. The molecular weight excluding hydrogens is 361 g/mol. The normalized spacial score (nSPS) is 10.7. The maximum Gasteiger partial charge on any atom is 0.413 e. The summed E-state index contributed by atoms with van der Waals surface area (Å²) in [4.78, 5) is 40.6. The molecule has 26 heavy (non-hydrogen) atoms. The molecule has 0 aliphatic carbocycles. The minimum absolute atomic E-state index is 0.127. The van der Waals surface area contributed by atoms with Gasteiger partial charge in [0.2, 0.25) is 5.91 Å². The van der Waals surface area contributed by atoms with E-state index in [1.165, 1.54) is 29.8 Å². The summed E-state index contributed by atoms with van der Waals surface area (Å²) in [5.41, 5.74) is 0.863. The molecule has 0 fully saturated rings. The standard InChI is InChI=1S/C17H14FN3O4S/c1-2-25-17(24)20-13(22)7-21-9-19-15-14(16(21)23)12(8-26-15)10-3-5-11(18)6-4-10/h3-6,8-9H,2,7H2,1H3,(H,20,22,24). The van der Waals surface area contributed by atoms with Crippen molar-refractivity contribution in [3.63, 3.8) is 0 Å². The lowest BCUT2D eigenvalue weighted by molar-refractivity contribution is -0.121. The molecule has 0 atom stereocenters. The van der Waals surface area contributed by atoms with Crippen LogP contribution >= 0.6 is 11.3 Å². The van der Waals surface area contributed by atoms with Gasteiger partial charge in [0.25, 0.3) is 5.56 Å². The van der Waals surface area contributed by atoms with Gasteiger partial charge in [0.1, 0.15) is 17.2 Å². The second-order valence-electron chi connectivity index (χ2n) is 5.28. The highest BCUT2D eigenvalue weighted by Gasteiger charge is 2.16. The highest BCUT2D eigenvalue weighted by Crippen LogP contribution is 2.30. The molecule has 0 bridgehead atoms. The predicted octanol–water partition coefficient (Wildman–Crippen LogP) is 2.54. The second kappa shape index (κ2) is 7.44. The Balaban J connectivity index is 1.94. The van der Waals surface area contributed by atoms with Crippen LogP contribution in [0.3, 0.4) is 0 Å². The molecule has 0 unspecified atom stereocenters. The van der Waals surface area contributed by atoms with E-state index >= 15 is 0 Å². The van der Waals surface area contributed by atoms with Gasteiger partial charge in [0, 0.05) is 10.9 Å². The van der Waals surface area contributed by atoms with Crippen LogP contribution in [0, 0.1) is 5.82 Å². The zero-order chi connectivity index (χ0) is 18.7. The molecule has 0 aliphatic rings. The molecule has 0 aliphatic heterocycles. The van der Waals surface area contributed by atoms with E-state index in [1.54, 1.807) is 24.4 Å². The number of hydrogen-bond acceptors (Lipinski definition) is 6. The van der Waals surface area contributed by atoms with Crippen molar-refractivity contribution >= 4 is 33.6 Å². The van der Waals surface area contributed by atoms with Crippen molar-refractivity contribution in [1.29, 1.82) is 0 Å². The smallest absolute Gasteiger partial charge is 0.413 e. The van der Waals surface area contributed by atoms with E-state index in [1.807, 2.05) is 5.32 Å². The molecule has 2 heterocycles. The van der Waals surface area contributed by atoms with Crippen LogP contribution in [0.15, 0.2) is 40.8 Å². The van der Waals surface area contributed by atoms with E-state index in [9.17, 15) is 18.8 Å². The number of hydrogen-bond donors (Lipinski definition) is 1. The Labute approximate surface area is 151 Å². The summed E-state index contributed by atoms with van der Waals surface area (Å²) in [6.07, 6.45) is 0.377. The van der Waals surface area contributed by atoms with Crippen molar-refractivity contribution in [2.45, 2.75) is 13.5 Å². The minimum atomic E-state index is -0.873. The van der Waals surface area contributed by atoms with E-state index in [-0.39, 0.29) is 19.0 Å². The predicted molar refractivity (Wildman–Crippen MR) is 94.4 cm³/mol. The molecule has 2 aromatic heterocycles. The first-order valence-electron chi connectivity index (χ1n) is 7.68. The SMILES string of the molecule is CCOC(=O)NC(=O)Cn1cnc2scc(-c3ccc(F)cc3)c2c1=O. The number of rotatable bonds is 4. The van der Waals surface area contributed by atoms with Crippen LogP contribution in [-0.2, 0) is 16.1 Å². The molecule has 3 aromatic rings. The number of carbonyl (C=O) groups excluding carboxylic acids is 2. The first-order chi connectivity index (χ1) is 12.5. The molecule has 9 heteroatoms. The lowest BCUT2D eigenvalue weighted by atomic mass is 10.1. The van der Waals surface area contributed by atoms with E-state index in [0.717, 1.165) is 4.57 Å². The van der Waals surface area contributed by atoms with Gasteiger partial charge in [-0.05, 0) is 24.6 Å². The molecule has 7 nitrogen and oxygen atoms in total. The highest BCUT2D eigenvalue weighted by atomic mass is 32.1. The lowest BCUT2D eigenvalue weighted by Gasteiger charge is -2.07. The number of aromatic nitrogens is 2.